The first kappa shape index (κ1) is 12.9. The highest BCUT2D eigenvalue weighted by Crippen LogP contribution is 2.23. The van der Waals surface area contributed by atoms with E-state index in [9.17, 15) is 5.11 Å². The molecule has 0 spiro atoms. The SMILES string of the molecule is Oc1ccccc1CNc1ccnc2cc(Br)cnc12. The van der Waals surface area contributed by atoms with E-state index in [-0.39, 0.29) is 5.75 Å². The molecule has 1 aromatic carbocycles. The minimum absolute atomic E-state index is 0.286. The fourth-order valence-corrected chi connectivity index (χ4v) is 2.32. The zero-order valence-electron chi connectivity index (χ0n) is 10.5. The van der Waals surface area contributed by atoms with Crippen LogP contribution in [0.2, 0.25) is 0 Å². The van der Waals surface area contributed by atoms with Gasteiger partial charge in [-0.25, -0.2) is 0 Å². The number of phenolic OH excluding ortho intramolecular Hbond substituents is 1. The molecule has 0 fully saturated rings. The summed E-state index contributed by atoms with van der Waals surface area (Å²) in [4.78, 5) is 8.67. The highest BCUT2D eigenvalue weighted by Gasteiger charge is 2.05. The highest BCUT2D eigenvalue weighted by molar-refractivity contribution is 9.10. The second-order valence-electron chi connectivity index (χ2n) is 4.36. The summed E-state index contributed by atoms with van der Waals surface area (Å²) in [7, 11) is 0. The summed E-state index contributed by atoms with van der Waals surface area (Å²) in [5.41, 5.74) is 3.37. The van der Waals surface area contributed by atoms with Crippen molar-refractivity contribution in [1.29, 1.82) is 0 Å². The predicted molar refractivity (Wildman–Crippen MR) is 82.7 cm³/mol. The molecule has 20 heavy (non-hydrogen) atoms. The number of aromatic nitrogens is 2. The Bertz CT molecular complexity index is 761. The highest BCUT2D eigenvalue weighted by atomic mass is 79.9. The lowest BCUT2D eigenvalue weighted by Crippen LogP contribution is -2.01. The first-order chi connectivity index (χ1) is 9.74. The number of rotatable bonds is 3. The van der Waals surface area contributed by atoms with E-state index in [2.05, 4.69) is 31.2 Å². The molecule has 0 saturated carbocycles. The number of hydrogen-bond donors (Lipinski definition) is 2. The number of nitrogens with zero attached hydrogens (tertiary/aromatic N) is 2. The van der Waals surface area contributed by atoms with Crippen LogP contribution in [0, 0.1) is 0 Å². The lowest BCUT2D eigenvalue weighted by Gasteiger charge is -2.10. The van der Waals surface area contributed by atoms with Crippen molar-refractivity contribution in [2.75, 3.05) is 5.32 Å². The van der Waals surface area contributed by atoms with Crippen molar-refractivity contribution in [2.24, 2.45) is 0 Å². The number of phenols is 1. The number of halogens is 1. The zero-order chi connectivity index (χ0) is 13.9. The van der Waals surface area contributed by atoms with Gasteiger partial charge in [-0.1, -0.05) is 18.2 Å². The van der Waals surface area contributed by atoms with Crippen molar-refractivity contribution in [1.82, 2.24) is 9.97 Å². The van der Waals surface area contributed by atoms with Crippen LogP contribution in [0.1, 0.15) is 5.56 Å². The van der Waals surface area contributed by atoms with E-state index in [0.717, 1.165) is 26.8 Å². The van der Waals surface area contributed by atoms with Crippen LogP contribution in [0.15, 0.2) is 53.3 Å². The molecular weight excluding hydrogens is 318 g/mol. The number of hydrogen-bond acceptors (Lipinski definition) is 4. The number of para-hydroxylation sites is 1. The van der Waals surface area contributed by atoms with Gasteiger partial charge in [-0.2, -0.15) is 0 Å². The maximum Gasteiger partial charge on any atom is 0.120 e. The second-order valence-corrected chi connectivity index (χ2v) is 5.28. The van der Waals surface area contributed by atoms with Crippen molar-refractivity contribution in [2.45, 2.75) is 6.54 Å². The van der Waals surface area contributed by atoms with Gasteiger partial charge in [-0.3, -0.25) is 9.97 Å². The molecule has 0 atom stereocenters. The molecule has 2 aromatic heterocycles. The number of pyridine rings is 2. The average molecular weight is 330 g/mol. The molecule has 0 aliphatic carbocycles. The van der Waals surface area contributed by atoms with Crippen molar-refractivity contribution in [3.63, 3.8) is 0 Å². The molecule has 0 unspecified atom stereocenters. The Kier molecular flexibility index (Phi) is 3.52. The smallest absolute Gasteiger partial charge is 0.120 e. The molecule has 0 amide bonds. The van der Waals surface area contributed by atoms with Gasteiger partial charge in [0.15, 0.2) is 0 Å². The zero-order valence-corrected chi connectivity index (χ0v) is 12.1. The van der Waals surface area contributed by atoms with Crippen LogP contribution in [0.4, 0.5) is 5.69 Å². The number of fused-ring (bicyclic) bond motifs is 1. The van der Waals surface area contributed by atoms with Gasteiger partial charge < -0.3 is 10.4 Å². The van der Waals surface area contributed by atoms with Crippen molar-refractivity contribution < 1.29 is 5.11 Å². The normalized spacial score (nSPS) is 10.7. The summed E-state index contributed by atoms with van der Waals surface area (Å²) in [6.45, 7) is 0.531. The molecule has 0 aliphatic heterocycles. The lowest BCUT2D eigenvalue weighted by molar-refractivity contribution is 0.469. The first-order valence-corrected chi connectivity index (χ1v) is 6.94. The summed E-state index contributed by atoms with van der Waals surface area (Å²) >= 11 is 3.39. The Hall–Kier alpha value is -2.14. The van der Waals surface area contributed by atoms with E-state index < -0.39 is 0 Å². The summed E-state index contributed by atoms with van der Waals surface area (Å²) in [5, 5.41) is 13.1. The molecule has 3 aromatic rings. The van der Waals surface area contributed by atoms with Crippen LogP contribution in [0.25, 0.3) is 11.0 Å². The molecule has 0 aliphatic rings. The molecule has 3 rings (SSSR count). The largest absolute Gasteiger partial charge is 0.508 e. The minimum Gasteiger partial charge on any atom is -0.508 e. The maximum atomic E-state index is 9.76. The van der Waals surface area contributed by atoms with Crippen LogP contribution >= 0.6 is 15.9 Å². The topological polar surface area (TPSA) is 58.0 Å². The van der Waals surface area contributed by atoms with E-state index in [0.29, 0.717) is 6.54 Å². The molecule has 2 heterocycles. The third kappa shape index (κ3) is 2.58. The number of benzene rings is 1. The van der Waals surface area contributed by atoms with Gasteiger partial charge in [0.2, 0.25) is 0 Å². The molecule has 0 radical (unpaired) electrons. The van der Waals surface area contributed by atoms with Crippen molar-refractivity contribution in [3.8, 4) is 5.75 Å². The van der Waals surface area contributed by atoms with Gasteiger partial charge in [0.25, 0.3) is 0 Å². The molecule has 100 valence electrons. The van der Waals surface area contributed by atoms with Gasteiger partial charge in [0, 0.05) is 29.0 Å². The monoisotopic (exact) mass is 329 g/mol. The summed E-state index contributed by atoms with van der Waals surface area (Å²) in [5.74, 6) is 0.286. The molecule has 0 saturated heterocycles. The van der Waals surface area contributed by atoms with Crippen LogP contribution in [-0.4, -0.2) is 15.1 Å². The van der Waals surface area contributed by atoms with E-state index in [1.165, 1.54) is 0 Å². The molecule has 0 bridgehead atoms. The van der Waals surface area contributed by atoms with Crippen molar-refractivity contribution in [3.05, 3.63) is 58.8 Å². The third-order valence-electron chi connectivity index (χ3n) is 3.01. The number of anilines is 1. The second kappa shape index (κ2) is 5.46. The van der Waals surface area contributed by atoms with Crippen LogP contribution in [-0.2, 0) is 6.54 Å². The summed E-state index contributed by atoms with van der Waals surface area (Å²) in [6, 6.07) is 11.1. The van der Waals surface area contributed by atoms with Crippen molar-refractivity contribution >= 4 is 32.7 Å². The van der Waals surface area contributed by atoms with Gasteiger partial charge in [0.1, 0.15) is 11.3 Å². The lowest BCUT2D eigenvalue weighted by atomic mass is 10.2. The third-order valence-corrected chi connectivity index (χ3v) is 3.44. The Balaban J connectivity index is 1.90. The quantitative estimate of drug-likeness (QED) is 0.769. The van der Waals surface area contributed by atoms with Gasteiger partial charge >= 0.3 is 0 Å². The summed E-state index contributed by atoms with van der Waals surface area (Å²) in [6.07, 6.45) is 3.48. The van der Waals surface area contributed by atoms with Crippen LogP contribution in [0.3, 0.4) is 0 Å². The molecule has 5 heteroatoms. The fraction of sp³-hybridized carbons (Fsp3) is 0.0667. The van der Waals surface area contributed by atoms with E-state index in [1.807, 2.05) is 24.3 Å². The molecule has 2 N–H and O–H groups in total. The first-order valence-electron chi connectivity index (χ1n) is 6.15. The number of aromatic hydroxyl groups is 1. The standard InChI is InChI=1S/C15H12BrN3O/c16-11-7-13-15(19-9-11)12(5-6-17-13)18-8-10-3-1-2-4-14(10)20/h1-7,9,20H,8H2,(H,17,18). The predicted octanol–water partition coefficient (Wildman–Crippen LogP) is 3.71. The Labute approximate surface area is 124 Å². The van der Waals surface area contributed by atoms with Crippen LogP contribution < -0.4 is 5.32 Å². The Morgan fingerprint density at radius 2 is 2.00 bits per heavy atom. The van der Waals surface area contributed by atoms with Gasteiger partial charge in [-0.05, 0) is 34.1 Å². The molecular formula is C15H12BrN3O. The van der Waals surface area contributed by atoms with Crippen LogP contribution in [0.5, 0.6) is 5.75 Å². The van der Waals surface area contributed by atoms with Gasteiger partial charge in [0.05, 0.1) is 11.2 Å². The minimum atomic E-state index is 0.286. The molecule has 4 nitrogen and oxygen atoms in total. The van der Waals surface area contributed by atoms with Gasteiger partial charge in [-0.15, -0.1) is 0 Å². The Morgan fingerprint density at radius 1 is 1.15 bits per heavy atom. The fourth-order valence-electron chi connectivity index (χ4n) is 2.00. The van der Waals surface area contributed by atoms with E-state index in [1.54, 1.807) is 24.5 Å². The van der Waals surface area contributed by atoms with E-state index >= 15 is 0 Å². The maximum absolute atomic E-state index is 9.76. The Morgan fingerprint density at radius 3 is 2.85 bits per heavy atom. The summed E-state index contributed by atoms with van der Waals surface area (Å²) < 4.78 is 0.898. The van der Waals surface area contributed by atoms with E-state index in [4.69, 9.17) is 0 Å². The number of nitrogens with one attached hydrogen (secondary N) is 1. The average Bonchev–Trinajstić information content (AvgIpc) is 2.46.